The quantitative estimate of drug-likeness (QED) is 0.685. The van der Waals surface area contributed by atoms with E-state index in [1.807, 2.05) is 31.7 Å². The van der Waals surface area contributed by atoms with Crippen LogP contribution in [-0.4, -0.2) is 36.2 Å². The number of benzene rings is 1. The van der Waals surface area contributed by atoms with Gasteiger partial charge in [-0.15, -0.1) is 0 Å². The molecule has 134 valence electrons. The van der Waals surface area contributed by atoms with Crippen molar-refractivity contribution in [2.45, 2.75) is 59.1 Å². The van der Waals surface area contributed by atoms with Crippen molar-refractivity contribution in [3.8, 4) is 0 Å². The average molecular weight is 397 g/mol. The Morgan fingerprint density at radius 1 is 1.29 bits per heavy atom. The maximum absolute atomic E-state index is 12.5. The number of hydrogen-bond donors (Lipinski definition) is 0. The summed E-state index contributed by atoms with van der Waals surface area (Å²) >= 11 is 3.58. The van der Waals surface area contributed by atoms with Crippen molar-refractivity contribution in [1.82, 2.24) is 4.90 Å². The Morgan fingerprint density at radius 3 is 2.54 bits per heavy atom. The van der Waals surface area contributed by atoms with Gasteiger partial charge in [0.05, 0.1) is 6.54 Å². The van der Waals surface area contributed by atoms with Gasteiger partial charge in [0, 0.05) is 29.8 Å². The standard InChI is InChI=1S/C19H29BrN2O2/c1-5-10-22(18(23)24-19(2,3)4)14-15-8-9-16(20)13-17(15)21-11-6-7-12-21/h8-9,13H,5-7,10-12,14H2,1-4H3. The predicted octanol–water partition coefficient (Wildman–Crippen LogP) is 5.20. The van der Waals surface area contributed by atoms with E-state index < -0.39 is 5.60 Å². The average Bonchev–Trinajstić information content (AvgIpc) is 3.00. The summed E-state index contributed by atoms with van der Waals surface area (Å²) in [5.74, 6) is 0. The van der Waals surface area contributed by atoms with E-state index in [-0.39, 0.29) is 6.09 Å². The summed E-state index contributed by atoms with van der Waals surface area (Å²) < 4.78 is 6.65. The molecular formula is C19H29BrN2O2. The summed E-state index contributed by atoms with van der Waals surface area (Å²) in [6.07, 6.45) is 3.14. The van der Waals surface area contributed by atoms with Crippen LogP contribution in [0.5, 0.6) is 0 Å². The van der Waals surface area contributed by atoms with Crippen molar-refractivity contribution in [2.24, 2.45) is 0 Å². The molecule has 2 rings (SSSR count). The fourth-order valence-corrected chi connectivity index (χ4v) is 3.31. The molecule has 1 aromatic carbocycles. The predicted molar refractivity (Wildman–Crippen MR) is 103 cm³/mol. The van der Waals surface area contributed by atoms with E-state index in [1.165, 1.54) is 24.1 Å². The van der Waals surface area contributed by atoms with Gasteiger partial charge in [-0.25, -0.2) is 4.79 Å². The van der Waals surface area contributed by atoms with Crippen LogP contribution >= 0.6 is 15.9 Å². The van der Waals surface area contributed by atoms with Gasteiger partial charge in [0.1, 0.15) is 5.60 Å². The molecule has 0 N–H and O–H groups in total. The van der Waals surface area contributed by atoms with Crippen LogP contribution in [0.2, 0.25) is 0 Å². The number of carbonyl (C=O) groups excluding carboxylic acids is 1. The third-order valence-corrected chi connectivity index (χ3v) is 4.49. The molecule has 0 radical (unpaired) electrons. The molecular weight excluding hydrogens is 368 g/mol. The van der Waals surface area contributed by atoms with Crippen molar-refractivity contribution in [3.63, 3.8) is 0 Å². The van der Waals surface area contributed by atoms with Gasteiger partial charge < -0.3 is 14.5 Å². The molecule has 5 heteroatoms. The molecule has 1 aromatic rings. The number of halogens is 1. The Morgan fingerprint density at radius 2 is 1.96 bits per heavy atom. The Balaban J connectivity index is 2.20. The first-order valence-corrected chi connectivity index (χ1v) is 9.61. The number of hydrogen-bond acceptors (Lipinski definition) is 3. The zero-order valence-electron chi connectivity index (χ0n) is 15.3. The van der Waals surface area contributed by atoms with E-state index >= 15 is 0 Å². The van der Waals surface area contributed by atoms with Gasteiger partial charge in [0.25, 0.3) is 0 Å². The summed E-state index contributed by atoms with van der Waals surface area (Å²) in [7, 11) is 0. The molecule has 1 amide bonds. The summed E-state index contributed by atoms with van der Waals surface area (Å²) in [6, 6.07) is 6.33. The lowest BCUT2D eigenvalue weighted by Gasteiger charge is -2.29. The van der Waals surface area contributed by atoms with E-state index in [0.29, 0.717) is 13.1 Å². The second-order valence-corrected chi connectivity index (χ2v) is 8.28. The van der Waals surface area contributed by atoms with Gasteiger partial charge in [-0.3, -0.25) is 0 Å². The first kappa shape index (κ1) is 19.1. The van der Waals surface area contributed by atoms with E-state index in [0.717, 1.165) is 24.0 Å². The Kier molecular flexibility index (Phi) is 6.55. The summed E-state index contributed by atoms with van der Waals surface area (Å²) in [6.45, 7) is 11.3. The van der Waals surface area contributed by atoms with E-state index in [4.69, 9.17) is 4.74 Å². The van der Waals surface area contributed by atoms with E-state index in [9.17, 15) is 4.79 Å². The largest absolute Gasteiger partial charge is 0.444 e. The third-order valence-electron chi connectivity index (χ3n) is 4.00. The van der Waals surface area contributed by atoms with Crippen LogP contribution in [-0.2, 0) is 11.3 Å². The lowest BCUT2D eigenvalue weighted by Crippen LogP contribution is -2.37. The molecule has 0 spiro atoms. The van der Waals surface area contributed by atoms with E-state index in [2.05, 4.69) is 39.9 Å². The highest BCUT2D eigenvalue weighted by molar-refractivity contribution is 9.10. The van der Waals surface area contributed by atoms with E-state index in [1.54, 1.807) is 0 Å². The molecule has 1 aliphatic rings. The van der Waals surface area contributed by atoms with Gasteiger partial charge in [0.15, 0.2) is 0 Å². The molecule has 1 saturated heterocycles. The maximum atomic E-state index is 12.5. The highest BCUT2D eigenvalue weighted by Gasteiger charge is 2.24. The number of rotatable bonds is 5. The molecule has 4 nitrogen and oxygen atoms in total. The smallest absolute Gasteiger partial charge is 0.410 e. The minimum absolute atomic E-state index is 0.236. The molecule has 0 saturated carbocycles. The Hall–Kier alpha value is -1.23. The monoisotopic (exact) mass is 396 g/mol. The maximum Gasteiger partial charge on any atom is 0.410 e. The van der Waals surface area contributed by atoms with Gasteiger partial charge in [0.2, 0.25) is 0 Å². The van der Waals surface area contributed by atoms with Crippen molar-refractivity contribution >= 4 is 27.7 Å². The minimum atomic E-state index is -0.472. The lowest BCUT2D eigenvalue weighted by atomic mass is 10.1. The SMILES string of the molecule is CCCN(Cc1ccc(Br)cc1N1CCCC1)C(=O)OC(C)(C)C. The topological polar surface area (TPSA) is 32.8 Å². The third kappa shape index (κ3) is 5.40. The highest BCUT2D eigenvalue weighted by Crippen LogP contribution is 2.29. The Labute approximate surface area is 154 Å². The van der Waals surface area contributed by atoms with Crippen molar-refractivity contribution in [1.29, 1.82) is 0 Å². The second-order valence-electron chi connectivity index (χ2n) is 7.37. The molecule has 0 aliphatic carbocycles. The number of carbonyl (C=O) groups is 1. The van der Waals surface area contributed by atoms with Crippen LogP contribution < -0.4 is 4.90 Å². The minimum Gasteiger partial charge on any atom is -0.444 e. The van der Waals surface area contributed by atoms with Crippen molar-refractivity contribution in [3.05, 3.63) is 28.2 Å². The molecule has 1 aliphatic heterocycles. The lowest BCUT2D eigenvalue weighted by molar-refractivity contribution is 0.0234. The highest BCUT2D eigenvalue weighted by atomic mass is 79.9. The van der Waals surface area contributed by atoms with Gasteiger partial charge in [-0.05, 0) is 57.7 Å². The zero-order valence-corrected chi connectivity index (χ0v) is 16.9. The van der Waals surface area contributed by atoms with Crippen LogP contribution in [0.25, 0.3) is 0 Å². The molecule has 0 atom stereocenters. The second kappa shape index (κ2) is 8.24. The number of amides is 1. The van der Waals surface area contributed by atoms with Crippen LogP contribution in [0, 0.1) is 0 Å². The van der Waals surface area contributed by atoms with Gasteiger partial charge in [-0.2, -0.15) is 0 Å². The van der Waals surface area contributed by atoms with Crippen molar-refractivity contribution < 1.29 is 9.53 Å². The summed E-state index contributed by atoms with van der Waals surface area (Å²) in [5.41, 5.74) is 1.94. The normalized spacial score (nSPS) is 14.8. The molecule has 24 heavy (non-hydrogen) atoms. The van der Waals surface area contributed by atoms with Crippen LogP contribution in [0.3, 0.4) is 0 Å². The molecule has 0 aromatic heterocycles. The van der Waals surface area contributed by atoms with Gasteiger partial charge in [-0.1, -0.05) is 28.9 Å². The molecule has 0 unspecified atom stereocenters. The van der Waals surface area contributed by atoms with Crippen molar-refractivity contribution in [2.75, 3.05) is 24.5 Å². The first-order valence-electron chi connectivity index (χ1n) is 8.81. The number of anilines is 1. The fraction of sp³-hybridized carbons (Fsp3) is 0.632. The molecule has 0 bridgehead atoms. The molecule has 1 fully saturated rings. The zero-order chi connectivity index (χ0) is 17.7. The summed E-state index contributed by atoms with van der Waals surface area (Å²) in [4.78, 5) is 16.8. The summed E-state index contributed by atoms with van der Waals surface area (Å²) in [5, 5.41) is 0. The molecule has 1 heterocycles. The Bertz CT molecular complexity index is 563. The van der Waals surface area contributed by atoms with Crippen LogP contribution in [0.15, 0.2) is 22.7 Å². The first-order chi connectivity index (χ1) is 11.3. The van der Waals surface area contributed by atoms with Crippen LogP contribution in [0.1, 0.15) is 52.5 Å². The van der Waals surface area contributed by atoms with Crippen LogP contribution in [0.4, 0.5) is 10.5 Å². The number of nitrogens with zero attached hydrogens (tertiary/aromatic N) is 2. The fourth-order valence-electron chi connectivity index (χ4n) is 2.96. The number of ether oxygens (including phenoxy) is 1. The van der Waals surface area contributed by atoms with Gasteiger partial charge >= 0.3 is 6.09 Å².